The maximum absolute atomic E-state index is 15.0. The molecule has 4 N–H and O–H groups in total. The van der Waals surface area contributed by atoms with Gasteiger partial charge >= 0.3 is 5.97 Å². The Morgan fingerprint density at radius 3 is 1.90 bits per heavy atom. The fourth-order valence-corrected chi connectivity index (χ4v) is 8.62. The zero-order chi connectivity index (χ0) is 51.3. The molecule has 3 amide bonds. The van der Waals surface area contributed by atoms with Crippen LogP contribution in [0.25, 0.3) is 22.9 Å². The number of nitrogens with one attached hydrogen (secondary N) is 3. The van der Waals surface area contributed by atoms with Crippen LogP contribution >= 0.6 is 0 Å². The van der Waals surface area contributed by atoms with Gasteiger partial charge in [0.15, 0.2) is 0 Å². The summed E-state index contributed by atoms with van der Waals surface area (Å²) in [7, 11) is -4.66. The summed E-state index contributed by atoms with van der Waals surface area (Å²) >= 11 is 0. The Labute approximate surface area is 406 Å². The highest BCUT2D eigenvalue weighted by atomic mass is 32.2. The number of nitrogens with zero attached hydrogens (tertiary/aromatic N) is 1. The maximum Gasteiger partial charge on any atom is 0.336 e. The highest BCUT2D eigenvalue weighted by molar-refractivity contribution is 7.85. The Hall–Kier alpha value is -6.10. The zero-order valence-electron chi connectivity index (χ0n) is 41.0. The Bertz CT molecular complexity index is 2620. The van der Waals surface area contributed by atoms with Gasteiger partial charge in [0.05, 0.1) is 47.6 Å². The van der Waals surface area contributed by atoms with Crippen LogP contribution in [0.4, 0.5) is 4.39 Å². The van der Waals surface area contributed by atoms with Crippen molar-refractivity contribution in [1.29, 1.82) is 0 Å². The third-order valence-electron chi connectivity index (χ3n) is 11.6. The number of quaternary nitrogens is 1. The molecule has 0 saturated carbocycles. The van der Waals surface area contributed by atoms with Gasteiger partial charge in [0, 0.05) is 52.7 Å². The van der Waals surface area contributed by atoms with E-state index in [1.807, 2.05) is 0 Å². The number of carboxylic acids is 1. The molecular formula is C53H70FN4O10S-. The van der Waals surface area contributed by atoms with E-state index < -0.39 is 45.5 Å². The standard InChI is InChI=1S/C25H15FO4.C16H36N.C12H21N3O6S/c1-13-6-8-18-22(10-13)30-24-16-9-7-14(27)11-19(16)21(26)12-20(24)23(18)15-4-2-3-5-17(15)25(28)29;1-5-9-13-17(14-10-6-2,15-11-7-3)16-12-8-4;1-8(2)11(17)13-5-4-6-14-12(18)10(15-9(3)16)7-22(19,20)21/h2-12,27H,1H2,(H,28,29);5-16H2,1-4H3;10H,1,4-7H2,2-3H3,(H,13,17)(H,14,18)(H,15,16)(H,19,20,21)/q;+1;/p-2. The molecule has 0 aliphatic carbocycles. The van der Waals surface area contributed by atoms with E-state index in [-0.39, 0.29) is 35.7 Å². The van der Waals surface area contributed by atoms with E-state index in [4.69, 9.17) is 4.74 Å². The molecule has 0 radical (unpaired) electrons. The second-order valence-electron chi connectivity index (χ2n) is 17.4. The molecule has 0 spiro atoms. The largest absolute Gasteiger partial charge is 0.872 e. The predicted octanol–water partition coefficient (Wildman–Crippen LogP) is 6.75. The number of rotatable bonds is 23. The lowest BCUT2D eigenvalue weighted by molar-refractivity contribution is -0.929. The van der Waals surface area contributed by atoms with E-state index in [0.29, 0.717) is 50.8 Å². The fraction of sp³-hybridized carbons (Fsp3) is 0.434. The van der Waals surface area contributed by atoms with E-state index in [2.05, 4.69) is 56.8 Å². The van der Waals surface area contributed by atoms with Gasteiger partial charge in [0.1, 0.15) is 23.4 Å². The summed E-state index contributed by atoms with van der Waals surface area (Å²) in [5, 5.41) is 30.5. The van der Waals surface area contributed by atoms with Gasteiger partial charge in [0.2, 0.25) is 17.7 Å². The highest BCUT2D eigenvalue weighted by Gasteiger charge is 2.28. The number of hydrogen-bond acceptors (Lipinski definition) is 9. The highest BCUT2D eigenvalue weighted by Crippen LogP contribution is 2.43. The first kappa shape index (κ1) is 57.2. The second-order valence-corrected chi connectivity index (χ2v) is 18.9. The van der Waals surface area contributed by atoms with Crippen LogP contribution in [0, 0.1) is 5.82 Å². The molecule has 0 aromatic heterocycles. The smallest absolute Gasteiger partial charge is 0.336 e. The Morgan fingerprint density at radius 1 is 0.783 bits per heavy atom. The van der Waals surface area contributed by atoms with Crippen LogP contribution in [0.2, 0.25) is 0 Å². The number of carbonyl (C=O) groups excluding carboxylic acids is 3. The molecular weight excluding hydrogens is 904 g/mol. The summed E-state index contributed by atoms with van der Waals surface area (Å²) in [5.41, 5.74) is 1.88. The molecule has 14 nitrogen and oxygen atoms in total. The van der Waals surface area contributed by atoms with Crippen molar-refractivity contribution in [2.45, 2.75) is 105 Å². The molecule has 1 atom stereocenters. The van der Waals surface area contributed by atoms with Crippen molar-refractivity contribution < 1.29 is 56.0 Å². The number of hydrogen-bond donors (Lipinski definition) is 4. The van der Waals surface area contributed by atoms with Crippen LogP contribution in [0.3, 0.4) is 0 Å². The van der Waals surface area contributed by atoms with Gasteiger partial charge in [-0.2, -0.15) is 0 Å². The quantitative estimate of drug-likeness (QED) is 0.0234. The van der Waals surface area contributed by atoms with Gasteiger partial charge in [-0.15, -0.1) is 5.75 Å². The molecule has 0 bridgehead atoms. The van der Waals surface area contributed by atoms with Crippen LogP contribution in [0.15, 0.2) is 78.9 Å². The molecule has 376 valence electrons. The average Bonchev–Trinajstić information content (AvgIpc) is 3.30. The van der Waals surface area contributed by atoms with E-state index in [0.717, 1.165) is 12.1 Å². The first-order valence-electron chi connectivity index (χ1n) is 23.8. The Balaban J connectivity index is 0.000000289. The SMILES string of the molecule is C=C(C)C(=O)NCCCNC(=O)C(CS(=O)(=O)[O-])NC(C)=O.C=c1ccc2c(c1)Oc1c(cc(F)c3cc([O-])ccc13)C=2c1ccccc1C(=O)O.CCCC[N+](CCCC)(CCCC)CCCC. The number of ether oxygens (including phenoxy) is 1. The molecule has 0 saturated heterocycles. The van der Waals surface area contributed by atoms with Crippen LogP contribution in [0.1, 0.15) is 121 Å². The first-order chi connectivity index (χ1) is 32.7. The van der Waals surface area contributed by atoms with Gasteiger partial charge < -0.3 is 39.9 Å². The van der Waals surface area contributed by atoms with Gasteiger partial charge in [-0.1, -0.05) is 115 Å². The van der Waals surface area contributed by atoms with Crippen molar-refractivity contribution in [1.82, 2.24) is 16.0 Å². The van der Waals surface area contributed by atoms with Gasteiger partial charge in [0.25, 0.3) is 0 Å². The molecule has 4 aromatic carbocycles. The first-order valence-corrected chi connectivity index (χ1v) is 25.3. The van der Waals surface area contributed by atoms with E-state index in [9.17, 15) is 42.4 Å². The van der Waals surface area contributed by atoms with Gasteiger partial charge in [-0.25, -0.2) is 17.6 Å². The van der Waals surface area contributed by atoms with Crippen molar-refractivity contribution in [2.24, 2.45) is 0 Å². The monoisotopic (exact) mass is 973 g/mol. The lowest BCUT2D eigenvalue weighted by Gasteiger charge is -2.39. The van der Waals surface area contributed by atoms with Crippen molar-refractivity contribution in [3.05, 3.63) is 112 Å². The number of amides is 3. The number of benzene rings is 4. The average molecular weight is 974 g/mol. The summed E-state index contributed by atoms with van der Waals surface area (Å²) in [5.74, 6) is -3.84. The topological polar surface area (TPSA) is 214 Å². The number of aromatic carboxylic acids is 1. The minimum absolute atomic E-state index is 0.0976. The molecule has 1 heterocycles. The summed E-state index contributed by atoms with van der Waals surface area (Å²) in [6, 6.07) is 15.9. The number of carbonyl (C=O) groups is 4. The Kier molecular flexibility index (Phi) is 23.0. The summed E-state index contributed by atoms with van der Waals surface area (Å²) < 4.78 is 54.7. The molecule has 1 aliphatic rings. The molecule has 69 heavy (non-hydrogen) atoms. The minimum atomic E-state index is -4.66. The van der Waals surface area contributed by atoms with E-state index >= 15 is 4.39 Å². The Morgan fingerprint density at radius 2 is 1.36 bits per heavy atom. The predicted molar refractivity (Wildman–Crippen MR) is 267 cm³/mol. The number of unbranched alkanes of at least 4 members (excludes halogenated alkanes) is 4. The summed E-state index contributed by atoms with van der Waals surface area (Å²) in [4.78, 5) is 45.7. The summed E-state index contributed by atoms with van der Waals surface area (Å²) in [6.45, 7) is 25.5. The third-order valence-corrected chi connectivity index (χ3v) is 12.3. The van der Waals surface area contributed by atoms with Crippen LogP contribution in [-0.4, -0.2) is 97.3 Å². The van der Waals surface area contributed by atoms with Crippen molar-refractivity contribution in [3.8, 4) is 17.2 Å². The summed E-state index contributed by atoms with van der Waals surface area (Å²) in [6.07, 6.45) is 11.5. The number of carboxylic acid groups (broad SMARTS) is 1. The molecule has 0 fully saturated rings. The maximum atomic E-state index is 15.0. The lowest BCUT2D eigenvalue weighted by Crippen LogP contribution is -2.50. The molecule has 1 unspecified atom stereocenters. The zero-order valence-corrected chi connectivity index (χ0v) is 41.8. The van der Waals surface area contributed by atoms with Crippen molar-refractivity contribution in [3.63, 3.8) is 0 Å². The van der Waals surface area contributed by atoms with Crippen molar-refractivity contribution >= 4 is 56.7 Å². The van der Waals surface area contributed by atoms with E-state index in [1.165, 1.54) is 112 Å². The van der Waals surface area contributed by atoms with Crippen LogP contribution in [-0.2, 0) is 24.5 Å². The third kappa shape index (κ3) is 17.7. The van der Waals surface area contributed by atoms with Gasteiger partial charge in [-0.05, 0) is 68.0 Å². The molecule has 16 heteroatoms. The normalized spacial score (nSPS) is 12.1. The lowest BCUT2D eigenvalue weighted by atomic mass is 9.88. The fourth-order valence-electron chi connectivity index (χ4n) is 7.97. The number of halogens is 1. The second kappa shape index (κ2) is 27.8. The van der Waals surface area contributed by atoms with E-state index in [1.54, 1.807) is 43.3 Å². The minimum Gasteiger partial charge on any atom is -0.872 e. The van der Waals surface area contributed by atoms with Gasteiger partial charge in [-0.3, -0.25) is 14.4 Å². The molecule has 4 aromatic rings. The molecule has 5 rings (SSSR count). The van der Waals surface area contributed by atoms with Crippen LogP contribution in [0.5, 0.6) is 17.2 Å². The van der Waals surface area contributed by atoms with Crippen molar-refractivity contribution in [2.75, 3.05) is 45.0 Å². The number of fused-ring (bicyclic) bond motifs is 4. The van der Waals surface area contributed by atoms with Crippen LogP contribution < -0.4 is 36.2 Å². The molecule has 1 aliphatic heterocycles.